The van der Waals surface area contributed by atoms with Crippen LogP contribution in [0.3, 0.4) is 0 Å². The third-order valence-electron chi connectivity index (χ3n) is 4.41. The predicted molar refractivity (Wildman–Crippen MR) is 84.6 cm³/mol. The summed E-state index contributed by atoms with van der Waals surface area (Å²) in [6, 6.07) is 3.80. The van der Waals surface area contributed by atoms with Gasteiger partial charge < -0.3 is 4.90 Å². The second kappa shape index (κ2) is 5.79. The van der Waals surface area contributed by atoms with Crippen molar-refractivity contribution in [2.75, 3.05) is 25.0 Å². The van der Waals surface area contributed by atoms with Crippen molar-refractivity contribution >= 4 is 11.5 Å². The van der Waals surface area contributed by atoms with E-state index in [1.54, 1.807) is 18.7 Å². The Morgan fingerprint density at radius 3 is 2.96 bits per heavy atom. The molecule has 0 bridgehead atoms. The molecule has 1 fully saturated rings. The highest BCUT2D eigenvalue weighted by Gasteiger charge is 2.32. The molecule has 3 heterocycles. The van der Waals surface area contributed by atoms with Crippen LogP contribution >= 0.6 is 0 Å². The van der Waals surface area contributed by atoms with Crippen molar-refractivity contribution in [1.29, 1.82) is 0 Å². The number of hydrogen-bond acceptors (Lipinski definition) is 5. The van der Waals surface area contributed by atoms with E-state index >= 15 is 0 Å². The number of halogens is 2. The van der Waals surface area contributed by atoms with Crippen LogP contribution in [-0.2, 0) is 6.54 Å². The lowest BCUT2D eigenvalue weighted by Crippen LogP contribution is -2.58. The third kappa shape index (κ3) is 2.58. The SMILES string of the molecule is CN(Cc1cc(F)ccc1F)C1CN(c2nccn3cnnc23)C1. The molecule has 2 aromatic heterocycles. The summed E-state index contributed by atoms with van der Waals surface area (Å²) in [5.74, 6) is -0.0105. The number of aromatic nitrogens is 4. The average molecular weight is 330 g/mol. The van der Waals surface area contributed by atoms with Gasteiger partial charge in [0, 0.05) is 43.6 Å². The minimum absolute atomic E-state index is 0.248. The molecule has 0 N–H and O–H groups in total. The molecule has 1 aliphatic rings. The van der Waals surface area contributed by atoms with Crippen molar-refractivity contribution in [3.8, 4) is 0 Å². The van der Waals surface area contributed by atoms with Gasteiger partial charge in [0.25, 0.3) is 0 Å². The molecule has 0 spiro atoms. The first kappa shape index (κ1) is 14.9. The van der Waals surface area contributed by atoms with Gasteiger partial charge in [0.1, 0.15) is 18.0 Å². The normalized spacial score (nSPS) is 15.2. The molecule has 124 valence electrons. The lowest BCUT2D eigenvalue weighted by atomic mass is 10.1. The number of nitrogens with zero attached hydrogens (tertiary/aromatic N) is 6. The highest BCUT2D eigenvalue weighted by Crippen LogP contribution is 2.25. The van der Waals surface area contributed by atoms with Crippen molar-refractivity contribution in [3.05, 3.63) is 54.1 Å². The molecule has 3 aromatic rings. The Balaban J connectivity index is 1.43. The van der Waals surface area contributed by atoms with E-state index in [2.05, 4.69) is 20.1 Å². The smallest absolute Gasteiger partial charge is 0.203 e. The second-order valence-electron chi connectivity index (χ2n) is 6.02. The number of fused-ring (bicyclic) bond motifs is 1. The Kier molecular flexibility index (Phi) is 3.61. The zero-order valence-corrected chi connectivity index (χ0v) is 13.1. The van der Waals surface area contributed by atoms with Gasteiger partial charge in [-0.2, -0.15) is 0 Å². The van der Waals surface area contributed by atoms with Crippen molar-refractivity contribution < 1.29 is 8.78 Å². The van der Waals surface area contributed by atoms with E-state index in [1.807, 2.05) is 16.3 Å². The van der Waals surface area contributed by atoms with Crippen molar-refractivity contribution in [2.24, 2.45) is 0 Å². The number of hydrogen-bond donors (Lipinski definition) is 0. The third-order valence-corrected chi connectivity index (χ3v) is 4.41. The van der Waals surface area contributed by atoms with E-state index in [9.17, 15) is 8.78 Å². The predicted octanol–water partition coefficient (Wildman–Crippen LogP) is 1.72. The van der Waals surface area contributed by atoms with E-state index in [1.165, 1.54) is 12.1 Å². The topological polar surface area (TPSA) is 49.6 Å². The van der Waals surface area contributed by atoms with E-state index in [4.69, 9.17) is 0 Å². The number of benzene rings is 1. The molecule has 4 rings (SSSR count). The molecule has 24 heavy (non-hydrogen) atoms. The van der Waals surface area contributed by atoms with Crippen LogP contribution in [0.5, 0.6) is 0 Å². The number of anilines is 1. The first-order chi connectivity index (χ1) is 11.6. The fourth-order valence-corrected chi connectivity index (χ4v) is 2.94. The highest BCUT2D eigenvalue weighted by molar-refractivity contribution is 5.64. The molecule has 6 nitrogen and oxygen atoms in total. The summed E-state index contributed by atoms with van der Waals surface area (Å²) >= 11 is 0. The second-order valence-corrected chi connectivity index (χ2v) is 6.02. The summed E-state index contributed by atoms with van der Waals surface area (Å²) in [5, 5.41) is 7.97. The lowest BCUT2D eigenvalue weighted by Gasteiger charge is -2.44. The molecule has 1 aliphatic heterocycles. The van der Waals surface area contributed by atoms with Gasteiger partial charge in [0.15, 0.2) is 5.82 Å². The maximum Gasteiger partial charge on any atom is 0.203 e. The Hall–Kier alpha value is -2.61. The summed E-state index contributed by atoms with van der Waals surface area (Å²) in [6.07, 6.45) is 5.15. The van der Waals surface area contributed by atoms with Gasteiger partial charge in [-0.3, -0.25) is 9.30 Å². The molecule has 0 saturated carbocycles. The minimum Gasteiger partial charge on any atom is -0.350 e. The molecule has 0 atom stereocenters. The Bertz CT molecular complexity index is 874. The fourth-order valence-electron chi connectivity index (χ4n) is 2.94. The van der Waals surface area contributed by atoms with Crippen LogP contribution in [0, 0.1) is 11.6 Å². The molecule has 0 amide bonds. The minimum atomic E-state index is -0.419. The van der Waals surface area contributed by atoms with Crippen LogP contribution < -0.4 is 4.90 Å². The molecular weight excluding hydrogens is 314 g/mol. The first-order valence-corrected chi connectivity index (χ1v) is 7.65. The van der Waals surface area contributed by atoms with Gasteiger partial charge in [0.2, 0.25) is 5.65 Å². The monoisotopic (exact) mass is 330 g/mol. The molecule has 8 heteroatoms. The average Bonchev–Trinajstić information content (AvgIpc) is 2.99. The Morgan fingerprint density at radius 1 is 1.29 bits per heavy atom. The van der Waals surface area contributed by atoms with E-state index < -0.39 is 5.82 Å². The van der Waals surface area contributed by atoms with Crippen molar-refractivity contribution in [2.45, 2.75) is 12.6 Å². The number of rotatable bonds is 4. The summed E-state index contributed by atoms with van der Waals surface area (Å²) in [6.45, 7) is 1.88. The molecular formula is C16H16F2N6. The molecule has 0 unspecified atom stereocenters. The van der Waals surface area contributed by atoms with E-state index in [0.29, 0.717) is 12.1 Å². The van der Waals surface area contributed by atoms with Crippen molar-refractivity contribution in [3.63, 3.8) is 0 Å². The Morgan fingerprint density at radius 2 is 2.12 bits per heavy atom. The van der Waals surface area contributed by atoms with Crippen LogP contribution in [0.4, 0.5) is 14.6 Å². The van der Waals surface area contributed by atoms with Crippen LogP contribution in [0.25, 0.3) is 5.65 Å². The highest BCUT2D eigenvalue weighted by atomic mass is 19.1. The van der Waals surface area contributed by atoms with Crippen molar-refractivity contribution in [1.82, 2.24) is 24.5 Å². The Labute approximate surface area is 137 Å². The van der Waals surface area contributed by atoms with Gasteiger partial charge >= 0.3 is 0 Å². The summed E-state index contributed by atoms with van der Waals surface area (Å²) < 4.78 is 28.9. The van der Waals surface area contributed by atoms with Gasteiger partial charge in [-0.15, -0.1) is 10.2 Å². The summed E-state index contributed by atoms with van der Waals surface area (Å²) in [4.78, 5) is 8.51. The van der Waals surface area contributed by atoms with Crippen LogP contribution in [0.15, 0.2) is 36.9 Å². The van der Waals surface area contributed by atoms with Crippen LogP contribution in [0.2, 0.25) is 0 Å². The quantitative estimate of drug-likeness (QED) is 0.729. The molecule has 1 aromatic carbocycles. The maximum atomic E-state index is 13.8. The molecule has 0 radical (unpaired) electrons. The standard InChI is InChI=1S/C16H16F2N6/c1-22(7-11-6-12(17)2-3-14(11)18)13-8-24(9-13)15-16-21-20-10-23(16)5-4-19-15/h2-6,10,13H,7-9H2,1H3. The molecule has 0 aliphatic carbocycles. The van der Waals surface area contributed by atoms with Crippen LogP contribution in [-0.4, -0.2) is 50.7 Å². The van der Waals surface area contributed by atoms with Gasteiger partial charge in [0.05, 0.1) is 0 Å². The number of likely N-dealkylation sites (N-methyl/N-ethyl adjacent to an activating group) is 1. The van der Waals surface area contributed by atoms with Gasteiger partial charge in [-0.05, 0) is 25.2 Å². The van der Waals surface area contributed by atoms with E-state index in [-0.39, 0.29) is 11.9 Å². The largest absolute Gasteiger partial charge is 0.350 e. The molecule has 1 saturated heterocycles. The zero-order chi connectivity index (χ0) is 16.7. The van der Waals surface area contributed by atoms with Gasteiger partial charge in [-0.25, -0.2) is 13.8 Å². The van der Waals surface area contributed by atoms with Gasteiger partial charge in [-0.1, -0.05) is 0 Å². The summed E-state index contributed by atoms with van der Waals surface area (Å²) in [5.41, 5.74) is 1.09. The van der Waals surface area contributed by atoms with Crippen LogP contribution in [0.1, 0.15) is 5.56 Å². The summed E-state index contributed by atoms with van der Waals surface area (Å²) in [7, 11) is 1.91. The zero-order valence-electron chi connectivity index (χ0n) is 13.1. The maximum absolute atomic E-state index is 13.8. The lowest BCUT2D eigenvalue weighted by molar-refractivity contribution is 0.194. The first-order valence-electron chi connectivity index (χ1n) is 7.65. The fraction of sp³-hybridized carbons (Fsp3) is 0.312. The van der Waals surface area contributed by atoms with E-state index in [0.717, 1.165) is 30.6 Å².